The molecule has 2 N–H and O–H groups in total. The van der Waals surface area contributed by atoms with E-state index >= 15 is 8.78 Å². The van der Waals surface area contributed by atoms with Gasteiger partial charge in [-0.05, 0) is 77.1 Å². The van der Waals surface area contributed by atoms with E-state index < -0.39 is 5.92 Å². The van der Waals surface area contributed by atoms with Crippen LogP contribution in [0, 0.1) is 11.3 Å². The summed E-state index contributed by atoms with van der Waals surface area (Å²) in [5.41, 5.74) is 6.57. The van der Waals surface area contributed by atoms with Gasteiger partial charge in [-0.2, -0.15) is 8.78 Å². The van der Waals surface area contributed by atoms with Gasteiger partial charge in [-0.15, -0.1) is 0 Å². The minimum absolute atomic E-state index is 0.0373. The predicted molar refractivity (Wildman–Crippen MR) is 183 cm³/mol. The number of hydrogen-bond acceptors (Lipinski definition) is 4. The van der Waals surface area contributed by atoms with Crippen molar-refractivity contribution < 1.29 is 8.78 Å². The first-order valence-electron chi connectivity index (χ1n) is 15.8. The fourth-order valence-corrected chi connectivity index (χ4v) is 8.46. The van der Waals surface area contributed by atoms with Crippen LogP contribution in [0.5, 0.6) is 0 Å². The molecule has 4 atom stereocenters. The number of hydrogen-bond donors (Lipinski definition) is 2. The van der Waals surface area contributed by atoms with Gasteiger partial charge in [-0.3, -0.25) is 9.34 Å². The van der Waals surface area contributed by atoms with E-state index in [0.717, 1.165) is 65.4 Å². The number of nitrogens with zero attached hydrogens (tertiary/aromatic N) is 4. The van der Waals surface area contributed by atoms with Gasteiger partial charge < -0.3 is 9.97 Å². The average Bonchev–Trinajstić information content (AvgIpc) is 3.40. The van der Waals surface area contributed by atoms with Crippen LogP contribution >= 0.6 is 18.8 Å². The molecule has 1 saturated heterocycles. The highest BCUT2D eigenvalue weighted by molar-refractivity contribution is 7.13. The Balaban J connectivity index is 1.06. The Labute approximate surface area is 266 Å². The minimum atomic E-state index is -3.11. The van der Waals surface area contributed by atoms with Crippen LogP contribution in [0.25, 0.3) is 44.5 Å². The fourth-order valence-electron chi connectivity index (χ4n) is 7.31. The lowest BCUT2D eigenvalue weighted by Gasteiger charge is -2.21. The molecule has 10 heteroatoms. The summed E-state index contributed by atoms with van der Waals surface area (Å²) in [5.74, 6) is -0.761. The summed E-state index contributed by atoms with van der Waals surface area (Å²) in [6, 6.07) is 17.0. The summed E-state index contributed by atoms with van der Waals surface area (Å²) in [6.45, 7) is 7.22. The standard InChI is InChI=1S/C35H38F2N6P2/c1-3-20-10-13-43(45)32(20)33-40-28-9-6-22(16-29(28)41-33)21-4-7-24-25-8-5-23(15-27(25)35(36,37)26(24)14-21)30-17-38-31(39-30)18-42(44)19-34(2)11-12-34/h4-9,14-17,20,32H,3,10-13,18-19,44-45H2,1-2H3,(H,38,39)(H,40,41)/t20-,32+/m1/s1. The van der Waals surface area contributed by atoms with Crippen LogP contribution in [0.1, 0.15) is 68.3 Å². The van der Waals surface area contributed by atoms with Gasteiger partial charge in [0.1, 0.15) is 11.6 Å². The second-order valence-corrected chi connectivity index (χ2v) is 14.9. The molecule has 0 radical (unpaired) electrons. The SMILES string of the molecule is CC[C@@H]1CCN(P)[C@@H]1c1nc2ccc(-c3ccc4c(c3)C(F)(F)c3cc(-c5cnc(CN(P)CC6(C)CC6)[nH]5)ccc3-4)cc2[nH]1. The summed E-state index contributed by atoms with van der Waals surface area (Å²) in [4.78, 5) is 16.4. The summed E-state index contributed by atoms with van der Waals surface area (Å²) < 4.78 is 36.8. The summed E-state index contributed by atoms with van der Waals surface area (Å²) in [7, 11) is 5.64. The van der Waals surface area contributed by atoms with E-state index in [1.54, 1.807) is 18.3 Å². The van der Waals surface area contributed by atoms with Crippen molar-refractivity contribution in [1.82, 2.24) is 29.3 Å². The van der Waals surface area contributed by atoms with Gasteiger partial charge in [-0.1, -0.05) is 69.4 Å². The highest BCUT2D eigenvalue weighted by atomic mass is 31.0. The first kappa shape index (κ1) is 29.4. The molecule has 0 amide bonds. The first-order chi connectivity index (χ1) is 21.6. The van der Waals surface area contributed by atoms with Crippen molar-refractivity contribution in [2.75, 3.05) is 13.1 Å². The molecule has 2 aromatic heterocycles. The molecule has 0 spiro atoms. The Hall–Kier alpha value is -3.02. The zero-order chi connectivity index (χ0) is 31.1. The molecule has 8 rings (SSSR count). The summed E-state index contributed by atoms with van der Waals surface area (Å²) >= 11 is 0. The number of halogens is 2. The monoisotopic (exact) mass is 642 g/mol. The average molecular weight is 643 g/mol. The Morgan fingerprint density at radius 1 is 0.978 bits per heavy atom. The van der Waals surface area contributed by atoms with Crippen LogP contribution in [0.4, 0.5) is 8.78 Å². The van der Waals surface area contributed by atoms with Crippen LogP contribution in [0.2, 0.25) is 0 Å². The van der Waals surface area contributed by atoms with Crippen molar-refractivity contribution in [2.24, 2.45) is 11.3 Å². The smallest absolute Gasteiger partial charge is 0.299 e. The lowest BCUT2D eigenvalue weighted by atomic mass is 9.97. The Morgan fingerprint density at radius 2 is 1.67 bits per heavy atom. The Kier molecular flexibility index (Phi) is 7.03. The van der Waals surface area contributed by atoms with Crippen molar-refractivity contribution in [3.05, 3.63) is 83.6 Å². The maximum Gasteiger partial charge on any atom is 0.299 e. The predicted octanol–water partition coefficient (Wildman–Crippen LogP) is 8.70. The second-order valence-electron chi connectivity index (χ2n) is 13.5. The quantitative estimate of drug-likeness (QED) is 0.166. The first-order valence-corrected chi connectivity index (χ1v) is 16.9. The fraction of sp³-hybridized carbons (Fsp3) is 0.371. The van der Waals surface area contributed by atoms with Crippen molar-refractivity contribution >= 4 is 29.8 Å². The maximum atomic E-state index is 16.1. The molecule has 6 nitrogen and oxygen atoms in total. The van der Waals surface area contributed by atoms with Gasteiger partial charge in [0.15, 0.2) is 0 Å². The van der Waals surface area contributed by atoms with E-state index in [-0.39, 0.29) is 17.2 Å². The van der Waals surface area contributed by atoms with Gasteiger partial charge in [0.05, 0.1) is 35.5 Å². The third kappa shape index (κ3) is 5.15. The number of alkyl halides is 2. The number of aromatic amines is 2. The van der Waals surface area contributed by atoms with Gasteiger partial charge in [0.2, 0.25) is 0 Å². The third-order valence-electron chi connectivity index (χ3n) is 10.2. The molecule has 45 heavy (non-hydrogen) atoms. The Morgan fingerprint density at radius 3 is 2.40 bits per heavy atom. The number of benzene rings is 3. The minimum Gasteiger partial charge on any atom is -0.341 e. The molecule has 1 saturated carbocycles. The lowest BCUT2D eigenvalue weighted by molar-refractivity contribution is 0.0481. The second kappa shape index (κ2) is 10.8. The number of aromatic nitrogens is 4. The molecule has 0 bridgehead atoms. The van der Waals surface area contributed by atoms with E-state index in [0.29, 0.717) is 34.6 Å². The number of imidazole rings is 2. The number of H-pyrrole nitrogens is 2. The van der Waals surface area contributed by atoms with E-state index in [4.69, 9.17) is 4.98 Å². The summed E-state index contributed by atoms with van der Waals surface area (Å²) in [5, 5.41) is 0. The zero-order valence-electron chi connectivity index (χ0n) is 25.6. The third-order valence-corrected chi connectivity index (χ3v) is 11.1. The highest BCUT2D eigenvalue weighted by Crippen LogP contribution is 2.53. The maximum absolute atomic E-state index is 16.1. The van der Waals surface area contributed by atoms with Crippen LogP contribution in [0.15, 0.2) is 60.8 Å². The van der Waals surface area contributed by atoms with Crippen molar-refractivity contribution in [2.45, 2.75) is 58.0 Å². The molecule has 2 unspecified atom stereocenters. The molecule has 232 valence electrons. The van der Waals surface area contributed by atoms with Gasteiger partial charge in [0, 0.05) is 29.8 Å². The molecular formula is C35H38F2N6P2. The highest BCUT2D eigenvalue weighted by Gasteiger charge is 2.45. The number of nitrogens with one attached hydrogen (secondary N) is 2. The molecule has 2 aliphatic carbocycles. The molecule has 1 aliphatic heterocycles. The van der Waals surface area contributed by atoms with E-state index in [9.17, 15) is 0 Å². The molecule has 3 aromatic carbocycles. The van der Waals surface area contributed by atoms with Crippen LogP contribution < -0.4 is 0 Å². The van der Waals surface area contributed by atoms with Gasteiger partial charge in [-0.25, -0.2) is 9.97 Å². The molecule has 2 fully saturated rings. The number of fused-ring (bicyclic) bond motifs is 4. The molecule has 3 heterocycles. The van der Waals surface area contributed by atoms with E-state index in [1.807, 2.05) is 42.5 Å². The van der Waals surface area contributed by atoms with Crippen molar-refractivity contribution in [1.29, 1.82) is 0 Å². The normalized spacial score (nSPS) is 21.5. The topological polar surface area (TPSA) is 63.8 Å². The van der Waals surface area contributed by atoms with Gasteiger partial charge >= 0.3 is 0 Å². The van der Waals surface area contributed by atoms with Crippen LogP contribution in [-0.4, -0.2) is 42.4 Å². The van der Waals surface area contributed by atoms with Gasteiger partial charge in [0.25, 0.3) is 5.92 Å². The van der Waals surface area contributed by atoms with E-state index in [1.165, 1.54) is 12.8 Å². The Bertz CT molecular complexity index is 1930. The van der Waals surface area contributed by atoms with Crippen molar-refractivity contribution in [3.8, 4) is 33.5 Å². The van der Waals surface area contributed by atoms with Crippen LogP contribution in [0.3, 0.4) is 0 Å². The molecule has 5 aromatic rings. The van der Waals surface area contributed by atoms with E-state index in [2.05, 4.69) is 56.9 Å². The van der Waals surface area contributed by atoms with Crippen LogP contribution in [-0.2, 0) is 12.5 Å². The molecule has 3 aliphatic rings. The number of rotatable bonds is 8. The van der Waals surface area contributed by atoms with Crippen molar-refractivity contribution in [3.63, 3.8) is 0 Å². The summed E-state index contributed by atoms with van der Waals surface area (Å²) in [6.07, 6.45) is 6.51. The molecular weight excluding hydrogens is 604 g/mol. The largest absolute Gasteiger partial charge is 0.341 e. The zero-order valence-corrected chi connectivity index (χ0v) is 27.9. The lowest BCUT2D eigenvalue weighted by Crippen LogP contribution is -2.20.